The maximum atomic E-state index is 12.1. The number of methoxy groups -OCH3 is 2. The van der Waals surface area contributed by atoms with Gasteiger partial charge < -0.3 is 20.5 Å². The molecule has 1 heterocycles. The number of aryl methyl sites for hydroxylation is 1. The quantitative estimate of drug-likeness (QED) is 0.732. The Morgan fingerprint density at radius 1 is 1.31 bits per heavy atom. The molecule has 0 fully saturated rings. The van der Waals surface area contributed by atoms with E-state index in [-0.39, 0.29) is 24.4 Å². The van der Waals surface area contributed by atoms with Crippen LogP contribution >= 0.6 is 12.4 Å². The molecule has 1 amide bonds. The Balaban J connectivity index is 0.00000338. The van der Waals surface area contributed by atoms with Crippen molar-refractivity contribution in [2.24, 2.45) is 5.73 Å². The summed E-state index contributed by atoms with van der Waals surface area (Å²) >= 11 is 0. The van der Waals surface area contributed by atoms with Crippen LogP contribution in [-0.4, -0.2) is 35.9 Å². The lowest BCUT2D eigenvalue weighted by Gasteiger charge is -2.13. The molecule has 8 heteroatoms. The van der Waals surface area contributed by atoms with Crippen molar-refractivity contribution in [2.45, 2.75) is 39.3 Å². The van der Waals surface area contributed by atoms with Gasteiger partial charge in [0.1, 0.15) is 5.82 Å². The molecule has 1 atom stereocenters. The van der Waals surface area contributed by atoms with Gasteiger partial charge in [-0.1, -0.05) is 6.07 Å². The van der Waals surface area contributed by atoms with E-state index in [1.54, 1.807) is 25.1 Å². The molecule has 1 unspecified atom stereocenters. The molecular weight excluding hydrogens is 356 g/mol. The number of carbonyl (C=O) groups is 1. The van der Waals surface area contributed by atoms with Crippen LogP contribution in [0.1, 0.15) is 30.9 Å². The summed E-state index contributed by atoms with van der Waals surface area (Å²) in [5.74, 6) is 1.97. The Bertz CT molecular complexity index is 731. The molecule has 144 valence electrons. The van der Waals surface area contributed by atoms with Crippen LogP contribution in [-0.2, 0) is 11.3 Å². The normalized spacial score (nSPS) is 11.4. The van der Waals surface area contributed by atoms with E-state index < -0.39 is 0 Å². The number of nitrogens with zero attached hydrogens (tertiary/aromatic N) is 2. The molecule has 1 aromatic carbocycles. The fourth-order valence-electron chi connectivity index (χ4n) is 2.47. The third-order valence-corrected chi connectivity index (χ3v) is 3.89. The number of carbonyl (C=O) groups excluding carboxylic acids is 1. The Morgan fingerprint density at radius 2 is 2.00 bits per heavy atom. The van der Waals surface area contributed by atoms with Gasteiger partial charge in [-0.15, -0.1) is 12.4 Å². The largest absolute Gasteiger partial charge is 0.493 e. The van der Waals surface area contributed by atoms with Crippen molar-refractivity contribution < 1.29 is 14.3 Å². The zero-order valence-corrected chi connectivity index (χ0v) is 16.4. The molecule has 26 heavy (non-hydrogen) atoms. The van der Waals surface area contributed by atoms with Crippen molar-refractivity contribution in [1.82, 2.24) is 9.78 Å². The van der Waals surface area contributed by atoms with Gasteiger partial charge in [-0.25, -0.2) is 4.68 Å². The van der Waals surface area contributed by atoms with Crippen molar-refractivity contribution in [3.05, 3.63) is 35.5 Å². The molecule has 0 bridgehead atoms. The average Bonchev–Trinajstić information content (AvgIpc) is 2.93. The number of rotatable bonds is 8. The second kappa shape index (κ2) is 10.0. The number of ether oxygens (including phenoxy) is 2. The molecule has 7 nitrogen and oxygen atoms in total. The van der Waals surface area contributed by atoms with Gasteiger partial charge in [-0.2, -0.15) is 5.10 Å². The van der Waals surface area contributed by atoms with Crippen molar-refractivity contribution >= 4 is 24.1 Å². The lowest BCUT2D eigenvalue weighted by Crippen LogP contribution is -2.21. The van der Waals surface area contributed by atoms with Gasteiger partial charge >= 0.3 is 0 Å². The summed E-state index contributed by atoms with van der Waals surface area (Å²) < 4.78 is 12.4. The molecule has 1 aromatic heterocycles. The minimum atomic E-state index is -0.0607. The number of halogens is 1. The van der Waals surface area contributed by atoms with E-state index in [9.17, 15) is 4.79 Å². The minimum Gasteiger partial charge on any atom is -0.493 e. The van der Waals surface area contributed by atoms with Crippen LogP contribution in [0.5, 0.6) is 11.5 Å². The highest BCUT2D eigenvalue weighted by Gasteiger charge is 2.13. The fraction of sp³-hybridized carbons (Fsp3) is 0.444. The van der Waals surface area contributed by atoms with Crippen LogP contribution in [0.4, 0.5) is 5.82 Å². The predicted molar refractivity (Wildman–Crippen MR) is 104 cm³/mol. The lowest BCUT2D eigenvalue weighted by atomic mass is 10.2. The Hall–Kier alpha value is -2.25. The van der Waals surface area contributed by atoms with Crippen LogP contribution in [0.2, 0.25) is 0 Å². The number of hydrogen-bond donors (Lipinski definition) is 2. The van der Waals surface area contributed by atoms with Crippen LogP contribution < -0.4 is 20.5 Å². The van der Waals surface area contributed by atoms with Gasteiger partial charge in [0.05, 0.1) is 27.0 Å². The summed E-state index contributed by atoms with van der Waals surface area (Å²) in [5, 5.41) is 7.30. The Kier molecular flexibility index (Phi) is 8.41. The van der Waals surface area contributed by atoms with E-state index in [4.69, 9.17) is 15.2 Å². The summed E-state index contributed by atoms with van der Waals surface area (Å²) in [6.45, 7) is 4.32. The van der Waals surface area contributed by atoms with E-state index in [1.165, 1.54) is 0 Å². The summed E-state index contributed by atoms with van der Waals surface area (Å²) in [6, 6.07) is 5.70. The second-order valence-corrected chi connectivity index (χ2v) is 6.09. The minimum absolute atomic E-state index is 0. The Morgan fingerprint density at radius 3 is 2.62 bits per heavy atom. The summed E-state index contributed by atoms with van der Waals surface area (Å²) in [6.07, 6.45) is 2.77. The number of amides is 1. The number of nitrogens with two attached hydrogens (primary N) is 1. The Labute approximate surface area is 160 Å². The number of nitrogens with one attached hydrogen (secondary N) is 1. The first kappa shape index (κ1) is 21.8. The number of hydrogen-bond acceptors (Lipinski definition) is 5. The molecule has 0 saturated heterocycles. The van der Waals surface area contributed by atoms with Crippen molar-refractivity contribution in [2.75, 3.05) is 19.5 Å². The molecular formula is C18H27ClN4O3. The van der Waals surface area contributed by atoms with Gasteiger partial charge in [0.25, 0.3) is 0 Å². The van der Waals surface area contributed by atoms with E-state index in [0.717, 1.165) is 11.1 Å². The molecule has 2 aromatic rings. The third kappa shape index (κ3) is 5.64. The first-order chi connectivity index (χ1) is 11.9. The van der Waals surface area contributed by atoms with Crippen molar-refractivity contribution in [1.29, 1.82) is 0 Å². The highest BCUT2D eigenvalue weighted by Crippen LogP contribution is 2.28. The van der Waals surface area contributed by atoms with Crippen LogP contribution in [0.3, 0.4) is 0 Å². The van der Waals surface area contributed by atoms with Gasteiger partial charge in [-0.05, 0) is 38.0 Å². The first-order valence-electron chi connectivity index (χ1n) is 8.23. The number of anilines is 1. The fourth-order valence-corrected chi connectivity index (χ4v) is 2.47. The molecule has 0 aliphatic heterocycles. The summed E-state index contributed by atoms with van der Waals surface area (Å²) in [7, 11) is 3.20. The average molecular weight is 383 g/mol. The summed E-state index contributed by atoms with van der Waals surface area (Å²) in [5.41, 5.74) is 7.61. The molecule has 0 aliphatic carbocycles. The molecule has 0 radical (unpaired) electrons. The monoisotopic (exact) mass is 382 g/mol. The maximum absolute atomic E-state index is 12.1. The SMILES string of the molecule is COc1ccc(Cn2ncc(C)c2NC(=O)CCC(C)N)cc1OC.Cl. The van der Waals surface area contributed by atoms with E-state index in [0.29, 0.717) is 36.7 Å². The second-order valence-electron chi connectivity index (χ2n) is 6.09. The number of benzene rings is 1. The predicted octanol–water partition coefficient (Wildman–Crippen LogP) is 2.74. The third-order valence-electron chi connectivity index (χ3n) is 3.89. The van der Waals surface area contributed by atoms with E-state index >= 15 is 0 Å². The zero-order chi connectivity index (χ0) is 18.4. The standard InChI is InChI=1S/C18H26N4O3.ClH/c1-12-10-20-22(18(12)21-17(23)8-5-13(2)19)11-14-6-7-15(24-3)16(9-14)25-4;/h6-7,9-10,13H,5,8,11,19H2,1-4H3,(H,21,23);1H. The van der Waals surface area contributed by atoms with Crippen LogP contribution in [0.25, 0.3) is 0 Å². The van der Waals surface area contributed by atoms with Crippen molar-refractivity contribution in [3.63, 3.8) is 0 Å². The van der Waals surface area contributed by atoms with Crippen LogP contribution in [0.15, 0.2) is 24.4 Å². The van der Waals surface area contributed by atoms with Gasteiger partial charge in [0, 0.05) is 18.0 Å². The van der Waals surface area contributed by atoms with Gasteiger partial charge in [0.2, 0.25) is 5.91 Å². The maximum Gasteiger partial charge on any atom is 0.225 e. The molecule has 2 rings (SSSR count). The number of aromatic nitrogens is 2. The molecule has 0 aliphatic rings. The molecule has 3 N–H and O–H groups in total. The highest BCUT2D eigenvalue weighted by molar-refractivity contribution is 5.90. The summed E-state index contributed by atoms with van der Waals surface area (Å²) in [4.78, 5) is 12.1. The molecule has 0 saturated carbocycles. The zero-order valence-electron chi connectivity index (χ0n) is 15.6. The van der Waals surface area contributed by atoms with Crippen LogP contribution in [0, 0.1) is 6.92 Å². The first-order valence-corrected chi connectivity index (χ1v) is 8.23. The topological polar surface area (TPSA) is 91.4 Å². The van der Waals surface area contributed by atoms with E-state index in [1.807, 2.05) is 32.0 Å². The molecule has 0 spiro atoms. The van der Waals surface area contributed by atoms with Gasteiger partial charge in [0.15, 0.2) is 11.5 Å². The van der Waals surface area contributed by atoms with E-state index in [2.05, 4.69) is 10.4 Å². The van der Waals surface area contributed by atoms with Gasteiger partial charge in [-0.3, -0.25) is 4.79 Å². The smallest absolute Gasteiger partial charge is 0.225 e. The highest BCUT2D eigenvalue weighted by atomic mass is 35.5. The lowest BCUT2D eigenvalue weighted by molar-refractivity contribution is -0.116. The van der Waals surface area contributed by atoms with Crippen molar-refractivity contribution in [3.8, 4) is 11.5 Å².